The molecule has 1 atom stereocenters. The zero-order chi connectivity index (χ0) is 16.8. The number of amides is 2. The third-order valence-electron chi connectivity index (χ3n) is 3.70. The van der Waals surface area contributed by atoms with Crippen LogP contribution in [0.5, 0.6) is 0 Å². The van der Waals surface area contributed by atoms with Crippen molar-refractivity contribution in [3.05, 3.63) is 28.2 Å². The molecule has 0 saturated carbocycles. The molecule has 1 fully saturated rings. The fourth-order valence-electron chi connectivity index (χ4n) is 2.36. The molecule has 1 unspecified atom stereocenters. The molecular formula is C15H20Cl3N3O3. The number of nitrogens with one attached hydrogen (secondary N) is 2. The molecule has 0 bridgehead atoms. The summed E-state index contributed by atoms with van der Waals surface area (Å²) >= 11 is 11.8. The van der Waals surface area contributed by atoms with E-state index in [0.717, 1.165) is 12.8 Å². The fourth-order valence-corrected chi connectivity index (χ4v) is 2.70. The van der Waals surface area contributed by atoms with Gasteiger partial charge in [-0.1, -0.05) is 23.2 Å². The largest absolute Gasteiger partial charge is 0.381 e. The lowest BCUT2D eigenvalue weighted by atomic mass is 9.92. The Morgan fingerprint density at radius 1 is 1.29 bits per heavy atom. The highest BCUT2D eigenvalue weighted by Crippen LogP contribution is 2.25. The van der Waals surface area contributed by atoms with Gasteiger partial charge in [0.2, 0.25) is 11.8 Å². The van der Waals surface area contributed by atoms with Crippen molar-refractivity contribution in [3.63, 3.8) is 0 Å². The van der Waals surface area contributed by atoms with Crippen LogP contribution in [-0.4, -0.2) is 37.6 Å². The number of benzene rings is 1. The van der Waals surface area contributed by atoms with Crippen LogP contribution in [0, 0.1) is 5.92 Å². The summed E-state index contributed by atoms with van der Waals surface area (Å²) in [6.07, 6.45) is 1.50. The van der Waals surface area contributed by atoms with Gasteiger partial charge in [0.25, 0.3) is 0 Å². The molecule has 6 nitrogen and oxygen atoms in total. The number of halogens is 3. The monoisotopic (exact) mass is 395 g/mol. The van der Waals surface area contributed by atoms with E-state index in [0.29, 0.717) is 28.9 Å². The number of nitrogens with two attached hydrogens (primary N) is 1. The van der Waals surface area contributed by atoms with Crippen LogP contribution in [0.1, 0.15) is 12.8 Å². The average Bonchev–Trinajstić information content (AvgIpc) is 2.56. The minimum atomic E-state index is -0.638. The Balaban J connectivity index is 0.00000288. The Hall–Kier alpha value is -1.05. The van der Waals surface area contributed by atoms with Crippen molar-refractivity contribution in [2.75, 3.05) is 25.1 Å². The molecule has 0 aromatic heterocycles. The maximum Gasteiger partial charge on any atom is 0.243 e. The number of rotatable bonds is 5. The molecule has 0 spiro atoms. The van der Waals surface area contributed by atoms with E-state index in [-0.39, 0.29) is 30.8 Å². The van der Waals surface area contributed by atoms with Crippen LogP contribution in [0.4, 0.5) is 5.69 Å². The minimum Gasteiger partial charge on any atom is -0.381 e. The van der Waals surface area contributed by atoms with Crippen molar-refractivity contribution in [3.8, 4) is 0 Å². The SMILES string of the molecule is Cl.NC(C(=O)NCC(=O)Nc1cc(Cl)ccc1Cl)C1CCOCC1. The van der Waals surface area contributed by atoms with Crippen molar-refractivity contribution in [2.45, 2.75) is 18.9 Å². The molecule has 2 rings (SSSR count). The van der Waals surface area contributed by atoms with Gasteiger partial charge in [0, 0.05) is 18.2 Å². The summed E-state index contributed by atoms with van der Waals surface area (Å²) in [6.45, 7) is 1.04. The van der Waals surface area contributed by atoms with Crippen molar-refractivity contribution in [1.82, 2.24) is 5.32 Å². The zero-order valence-corrected chi connectivity index (χ0v) is 15.2. The van der Waals surface area contributed by atoms with E-state index in [1.165, 1.54) is 6.07 Å². The third kappa shape index (κ3) is 6.11. The van der Waals surface area contributed by atoms with E-state index in [4.69, 9.17) is 33.7 Å². The highest BCUT2D eigenvalue weighted by atomic mass is 35.5. The van der Waals surface area contributed by atoms with E-state index in [1.807, 2.05) is 0 Å². The van der Waals surface area contributed by atoms with E-state index in [1.54, 1.807) is 12.1 Å². The molecule has 1 aliphatic heterocycles. The molecule has 1 aromatic carbocycles. The molecular weight excluding hydrogens is 377 g/mol. The summed E-state index contributed by atoms with van der Waals surface area (Å²) in [5.74, 6) is -0.667. The lowest BCUT2D eigenvalue weighted by Crippen LogP contribution is -2.48. The van der Waals surface area contributed by atoms with E-state index in [2.05, 4.69) is 10.6 Å². The molecule has 1 heterocycles. The topological polar surface area (TPSA) is 93.5 Å². The molecule has 2 amide bonds. The van der Waals surface area contributed by atoms with Crippen LogP contribution < -0.4 is 16.4 Å². The average molecular weight is 397 g/mol. The van der Waals surface area contributed by atoms with Crippen LogP contribution in [0.15, 0.2) is 18.2 Å². The lowest BCUT2D eigenvalue weighted by Gasteiger charge is -2.26. The van der Waals surface area contributed by atoms with Crippen molar-refractivity contribution in [2.24, 2.45) is 11.7 Å². The van der Waals surface area contributed by atoms with Crippen LogP contribution >= 0.6 is 35.6 Å². The van der Waals surface area contributed by atoms with Gasteiger partial charge in [-0.05, 0) is 37.0 Å². The Morgan fingerprint density at radius 3 is 2.62 bits per heavy atom. The first-order chi connectivity index (χ1) is 11.0. The maximum atomic E-state index is 12.0. The van der Waals surface area contributed by atoms with Crippen molar-refractivity contribution >= 4 is 53.1 Å². The first kappa shape index (κ1) is 21.0. The highest BCUT2D eigenvalue weighted by Gasteiger charge is 2.26. The van der Waals surface area contributed by atoms with Gasteiger partial charge in [-0.25, -0.2) is 0 Å². The summed E-state index contributed by atoms with van der Waals surface area (Å²) in [5, 5.41) is 5.96. The van der Waals surface area contributed by atoms with E-state index >= 15 is 0 Å². The molecule has 1 aliphatic rings. The van der Waals surface area contributed by atoms with Gasteiger partial charge < -0.3 is 21.1 Å². The molecule has 4 N–H and O–H groups in total. The molecule has 24 heavy (non-hydrogen) atoms. The second-order valence-electron chi connectivity index (χ2n) is 5.37. The predicted octanol–water partition coefficient (Wildman–Crippen LogP) is 2.22. The smallest absolute Gasteiger partial charge is 0.243 e. The Bertz CT molecular complexity index is 580. The Morgan fingerprint density at radius 2 is 1.96 bits per heavy atom. The number of hydrogen-bond donors (Lipinski definition) is 3. The molecule has 9 heteroatoms. The number of carbonyl (C=O) groups is 2. The van der Waals surface area contributed by atoms with Gasteiger partial charge in [-0.15, -0.1) is 12.4 Å². The van der Waals surface area contributed by atoms with Gasteiger partial charge in [0.05, 0.1) is 23.3 Å². The van der Waals surface area contributed by atoms with Crippen molar-refractivity contribution in [1.29, 1.82) is 0 Å². The van der Waals surface area contributed by atoms with Gasteiger partial charge in [-0.3, -0.25) is 9.59 Å². The Labute approximate surface area is 156 Å². The fraction of sp³-hybridized carbons (Fsp3) is 0.467. The van der Waals surface area contributed by atoms with Gasteiger partial charge in [-0.2, -0.15) is 0 Å². The normalized spacial score (nSPS) is 16.0. The predicted molar refractivity (Wildman–Crippen MR) is 96.9 cm³/mol. The highest BCUT2D eigenvalue weighted by molar-refractivity contribution is 6.35. The first-order valence-electron chi connectivity index (χ1n) is 7.33. The number of carbonyl (C=O) groups excluding carboxylic acids is 2. The third-order valence-corrected chi connectivity index (χ3v) is 4.27. The Kier molecular flexibility index (Phi) is 8.80. The summed E-state index contributed by atoms with van der Waals surface area (Å²) in [6, 6.07) is 4.10. The standard InChI is InChI=1S/C15H19Cl2N3O3.ClH/c16-10-1-2-11(17)12(7-10)20-13(21)8-19-15(22)14(18)9-3-5-23-6-4-9;/h1-2,7,9,14H,3-6,8,18H2,(H,19,22)(H,20,21);1H. The number of hydrogen-bond acceptors (Lipinski definition) is 4. The molecule has 1 aromatic rings. The summed E-state index contributed by atoms with van der Waals surface area (Å²) in [5.41, 5.74) is 6.33. The second kappa shape index (κ2) is 10.1. The first-order valence-corrected chi connectivity index (χ1v) is 8.09. The van der Waals surface area contributed by atoms with Gasteiger partial charge in [0.1, 0.15) is 0 Å². The molecule has 0 aliphatic carbocycles. The lowest BCUT2D eigenvalue weighted by molar-refractivity contribution is -0.126. The minimum absolute atomic E-state index is 0. The summed E-state index contributed by atoms with van der Waals surface area (Å²) in [4.78, 5) is 23.9. The maximum absolute atomic E-state index is 12.0. The van der Waals surface area contributed by atoms with Crippen molar-refractivity contribution < 1.29 is 14.3 Å². The van der Waals surface area contributed by atoms with Gasteiger partial charge >= 0.3 is 0 Å². The van der Waals surface area contributed by atoms with Crippen LogP contribution in [0.3, 0.4) is 0 Å². The molecule has 1 saturated heterocycles. The number of anilines is 1. The van der Waals surface area contributed by atoms with Crippen LogP contribution in [-0.2, 0) is 14.3 Å². The van der Waals surface area contributed by atoms with Crippen LogP contribution in [0.2, 0.25) is 10.0 Å². The quantitative estimate of drug-likeness (QED) is 0.711. The van der Waals surface area contributed by atoms with Gasteiger partial charge in [0.15, 0.2) is 0 Å². The summed E-state index contributed by atoms with van der Waals surface area (Å²) < 4.78 is 5.24. The number of ether oxygens (including phenoxy) is 1. The molecule has 0 radical (unpaired) electrons. The zero-order valence-electron chi connectivity index (χ0n) is 12.9. The van der Waals surface area contributed by atoms with E-state index in [9.17, 15) is 9.59 Å². The second-order valence-corrected chi connectivity index (χ2v) is 6.21. The summed E-state index contributed by atoms with van der Waals surface area (Å²) in [7, 11) is 0. The van der Waals surface area contributed by atoms with E-state index < -0.39 is 11.9 Å². The molecule has 134 valence electrons. The van der Waals surface area contributed by atoms with Crippen LogP contribution in [0.25, 0.3) is 0 Å².